The monoisotopic (exact) mass is 578 g/mol. The molecule has 0 aliphatic carbocycles. The van der Waals surface area contributed by atoms with Gasteiger partial charge in [-0.2, -0.15) is 16.8 Å². The van der Waals surface area contributed by atoms with E-state index in [0.717, 1.165) is 35.3 Å². The Labute approximate surface area is 232 Å². The number of hydrogen-bond donors (Lipinski definition) is 0. The molecule has 1 heterocycles. The fraction of sp³-hybridized carbons (Fsp3) is 0.448. The van der Waals surface area contributed by atoms with Crippen molar-refractivity contribution in [2.75, 3.05) is 0 Å². The maximum absolute atomic E-state index is 12.9. The van der Waals surface area contributed by atoms with Gasteiger partial charge in [0.1, 0.15) is 9.79 Å². The molecule has 0 fully saturated rings. The van der Waals surface area contributed by atoms with E-state index < -0.39 is 20.2 Å². The third-order valence-corrected chi connectivity index (χ3v) is 9.53. The van der Waals surface area contributed by atoms with Gasteiger partial charge >= 0.3 is 20.2 Å². The van der Waals surface area contributed by atoms with Gasteiger partial charge in [-0.05, 0) is 49.6 Å². The van der Waals surface area contributed by atoms with E-state index in [1.165, 1.54) is 92.8 Å². The molecule has 0 atom stereocenters. The zero-order valence-electron chi connectivity index (χ0n) is 22.2. The Hall–Kier alpha value is -2.36. The number of rotatable bonds is 17. The molecule has 2 aromatic carbocycles. The lowest BCUT2D eigenvalue weighted by Gasteiger charge is -2.10. The van der Waals surface area contributed by atoms with Crippen LogP contribution in [0.25, 0.3) is 0 Å². The molecule has 0 spiro atoms. The highest BCUT2D eigenvalue weighted by Crippen LogP contribution is 2.36. The molecule has 0 aliphatic heterocycles. The van der Waals surface area contributed by atoms with Gasteiger partial charge < -0.3 is 8.37 Å². The average molecular weight is 579 g/mol. The smallest absolute Gasteiger partial charge is 0.339 e. The lowest BCUT2D eigenvalue weighted by Crippen LogP contribution is -2.13. The molecular formula is C29H38O6S3. The number of hydrogen-bond acceptors (Lipinski definition) is 7. The summed E-state index contributed by atoms with van der Waals surface area (Å²) in [5.41, 5.74) is 1.98. The van der Waals surface area contributed by atoms with Crippen LogP contribution < -0.4 is 8.37 Å². The van der Waals surface area contributed by atoms with Crippen LogP contribution in [0.2, 0.25) is 0 Å². The lowest BCUT2D eigenvalue weighted by molar-refractivity contribution is 0.451. The highest BCUT2D eigenvalue weighted by atomic mass is 32.2. The van der Waals surface area contributed by atoms with Crippen molar-refractivity contribution < 1.29 is 25.2 Å². The molecule has 38 heavy (non-hydrogen) atoms. The summed E-state index contributed by atoms with van der Waals surface area (Å²) in [4.78, 5) is -0.0241. The number of benzene rings is 2. The molecule has 3 rings (SSSR count). The van der Waals surface area contributed by atoms with Gasteiger partial charge in [0.25, 0.3) is 0 Å². The summed E-state index contributed by atoms with van der Waals surface area (Å²) in [7, 11) is -8.30. The summed E-state index contributed by atoms with van der Waals surface area (Å²) < 4.78 is 61.4. The summed E-state index contributed by atoms with van der Waals surface area (Å²) in [5.74, 6) is -0.336. The second kappa shape index (κ2) is 14.7. The second-order valence-electron chi connectivity index (χ2n) is 9.56. The van der Waals surface area contributed by atoms with Gasteiger partial charge in [0, 0.05) is 10.8 Å². The molecule has 0 amide bonds. The Morgan fingerprint density at radius 1 is 0.605 bits per heavy atom. The van der Waals surface area contributed by atoms with Crippen molar-refractivity contribution in [3.8, 4) is 11.5 Å². The molecule has 0 saturated heterocycles. The SMILES string of the molecule is CCCCCCCCCCCCc1ccc(S(=O)(=O)Oc2cscc2OS(=O)(=O)c2ccc(C)cc2)cc1. The van der Waals surface area contributed by atoms with Crippen molar-refractivity contribution in [1.29, 1.82) is 0 Å². The fourth-order valence-electron chi connectivity index (χ4n) is 4.07. The first-order valence-electron chi connectivity index (χ1n) is 13.3. The van der Waals surface area contributed by atoms with Crippen molar-refractivity contribution in [3.05, 3.63) is 70.4 Å². The molecule has 0 unspecified atom stereocenters. The van der Waals surface area contributed by atoms with Crippen LogP contribution in [0.15, 0.2) is 69.1 Å². The van der Waals surface area contributed by atoms with E-state index in [4.69, 9.17) is 8.37 Å². The van der Waals surface area contributed by atoms with Gasteiger partial charge in [0.2, 0.25) is 0 Å². The maximum Gasteiger partial charge on any atom is 0.339 e. The van der Waals surface area contributed by atoms with Crippen molar-refractivity contribution >= 4 is 31.6 Å². The van der Waals surface area contributed by atoms with Crippen LogP contribution in [-0.2, 0) is 26.7 Å². The van der Waals surface area contributed by atoms with Crippen LogP contribution in [0.5, 0.6) is 11.5 Å². The Kier molecular flexibility index (Phi) is 11.7. The molecule has 0 aliphatic rings. The molecule has 0 N–H and O–H groups in total. The number of thiophene rings is 1. The number of aryl methyl sites for hydroxylation is 2. The summed E-state index contributed by atoms with van der Waals surface area (Å²) in [6.45, 7) is 4.08. The van der Waals surface area contributed by atoms with Crippen LogP contribution in [0, 0.1) is 6.92 Å². The van der Waals surface area contributed by atoms with Crippen LogP contribution >= 0.6 is 11.3 Å². The quantitative estimate of drug-likeness (QED) is 0.119. The minimum Gasteiger partial charge on any atom is -0.374 e. The second-order valence-corrected chi connectivity index (χ2v) is 13.4. The first-order chi connectivity index (χ1) is 18.2. The Morgan fingerprint density at radius 3 is 1.50 bits per heavy atom. The van der Waals surface area contributed by atoms with E-state index in [-0.39, 0.29) is 21.3 Å². The highest BCUT2D eigenvalue weighted by Gasteiger charge is 2.24. The highest BCUT2D eigenvalue weighted by molar-refractivity contribution is 7.87. The Balaban J connectivity index is 1.49. The molecule has 0 radical (unpaired) electrons. The van der Waals surface area contributed by atoms with Crippen LogP contribution in [0.1, 0.15) is 82.3 Å². The standard InChI is InChI=1S/C29H38O6S3/c1-3-4-5-6-7-8-9-10-11-12-13-25-16-20-27(21-17-25)38(32,33)35-29-23-36-22-28(29)34-37(30,31)26-18-14-24(2)15-19-26/h14-23H,3-13H2,1-2H3. The van der Waals surface area contributed by atoms with Gasteiger partial charge in [-0.1, -0.05) is 94.5 Å². The van der Waals surface area contributed by atoms with E-state index in [1.807, 2.05) is 6.92 Å². The van der Waals surface area contributed by atoms with E-state index in [0.29, 0.717) is 0 Å². The average Bonchev–Trinajstić information content (AvgIpc) is 3.30. The normalized spacial score (nSPS) is 11.9. The van der Waals surface area contributed by atoms with Crippen LogP contribution in [0.4, 0.5) is 0 Å². The van der Waals surface area contributed by atoms with Gasteiger partial charge in [0.15, 0.2) is 11.5 Å². The molecular weight excluding hydrogens is 541 g/mol. The molecule has 6 nitrogen and oxygen atoms in total. The zero-order valence-corrected chi connectivity index (χ0v) is 24.7. The van der Waals surface area contributed by atoms with Crippen LogP contribution in [-0.4, -0.2) is 16.8 Å². The van der Waals surface area contributed by atoms with Gasteiger partial charge in [-0.15, -0.1) is 11.3 Å². The lowest BCUT2D eigenvalue weighted by atomic mass is 10.0. The molecule has 9 heteroatoms. The summed E-state index contributed by atoms with van der Waals surface area (Å²) in [6.07, 6.45) is 13.6. The van der Waals surface area contributed by atoms with Gasteiger partial charge in [0.05, 0.1) is 0 Å². The summed E-state index contributed by atoms with van der Waals surface area (Å²) >= 11 is 1.08. The zero-order chi connectivity index (χ0) is 27.4. The van der Waals surface area contributed by atoms with Crippen molar-refractivity contribution in [2.24, 2.45) is 0 Å². The molecule has 1 aromatic heterocycles. The molecule has 0 bridgehead atoms. The molecule has 3 aromatic rings. The largest absolute Gasteiger partial charge is 0.374 e. The first-order valence-corrected chi connectivity index (χ1v) is 17.1. The minimum atomic E-state index is -4.16. The van der Waals surface area contributed by atoms with Crippen molar-refractivity contribution in [1.82, 2.24) is 0 Å². The van der Waals surface area contributed by atoms with Gasteiger partial charge in [-0.25, -0.2) is 0 Å². The van der Waals surface area contributed by atoms with Crippen molar-refractivity contribution in [2.45, 2.75) is 94.3 Å². The topological polar surface area (TPSA) is 86.7 Å². The van der Waals surface area contributed by atoms with E-state index >= 15 is 0 Å². The van der Waals surface area contributed by atoms with Gasteiger partial charge in [-0.3, -0.25) is 0 Å². The summed E-state index contributed by atoms with van der Waals surface area (Å²) in [5, 5.41) is 2.79. The minimum absolute atomic E-state index is 0.00265. The fourth-order valence-corrected chi connectivity index (χ4v) is 6.70. The third-order valence-electron chi connectivity index (χ3n) is 6.33. The Bertz CT molecular complexity index is 1330. The van der Waals surface area contributed by atoms with Crippen LogP contribution in [0.3, 0.4) is 0 Å². The first kappa shape index (κ1) is 30.2. The number of unbranched alkanes of at least 4 members (excludes halogenated alkanes) is 9. The van der Waals surface area contributed by atoms with Crippen molar-refractivity contribution in [3.63, 3.8) is 0 Å². The third kappa shape index (κ3) is 9.43. The van der Waals surface area contributed by atoms with E-state index in [2.05, 4.69) is 6.92 Å². The molecule has 0 saturated carbocycles. The predicted molar refractivity (Wildman–Crippen MR) is 153 cm³/mol. The maximum atomic E-state index is 12.9. The van der Waals surface area contributed by atoms with E-state index in [1.54, 1.807) is 24.3 Å². The Morgan fingerprint density at radius 2 is 1.03 bits per heavy atom. The summed E-state index contributed by atoms with van der Waals surface area (Å²) in [6, 6.07) is 12.8. The van der Waals surface area contributed by atoms with E-state index in [9.17, 15) is 16.8 Å². The predicted octanol–water partition coefficient (Wildman–Crippen LogP) is 8.06. The molecule has 208 valence electrons.